The molecule has 0 aromatic rings. The number of phosphoric ester groups is 1. The smallest absolute Gasteiger partial charge is 0.329 e. The molecule has 0 radical (unpaired) electrons. The van der Waals surface area contributed by atoms with Crippen LogP contribution in [-0.4, -0.2) is 50.3 Å². The van der Waals surface area contributed by atoms with Crippen LogP contribution in [-0.2, 0) is 13.6 Å². The van der Waals surface area contributed by atoms with Gasteiger partial charge < -0.3 is 9.38 Å². The summed E-state index contributed by atoms with van der Waals surface area (Å²) in [6.07, 6.45) is 20.1. The van der Waals surface area contributed by atoms with Gasteiger partial charge in [-0.15, -0.1) is 0 Å². The maximum absolute atomic E-state index is 11.8. The third kappa shape index (κ3) is 15.9. The fourth-order valence-electron chi connectivity index (χ4n) is 3.90. The molecule has 1 rings (SSSR count). The van der Waals surface area contributed by atoms with Crippen molar-refractivity contribution in [2.24, 2.45) is 5.92 Å². The molecule has 0 aliphatic heterocycles. The number of quaternary nitrogens is 1. The lowest BCUT2D eigenvalue weighted by molar-refractivity contribution is -0.870. The van der Waals surface area contributed by atoms with Gasteiger partial charge in [0.15, 0.2) is 0 Å². The highest BCUT2D eigenvalue weighted by Gasteiger charge is 2.21. The Kier molecular flexibility index (Phi) is 13.9. The van der Waals surface area contributed by atoms with E-state index in [4.69, 9.17) is 9.05 Å². The lowest BCUT2D eigenvalue weighted by atomic mass is 9.85. The average Bonchev–Trinajstić information content (AvgIpc) is 2.62. The third-order valence-electron chi connectivity index (χ3n) is 5.75. The first-order valence-corrected chi connectivity index (χ1v) is 13.2. The van der Waals surface area contributed by atoms with E-state index in [1.54, 1.807) is 0 Å². The predicted molar refractivity (Wildman–Crippen MR) is 117 cm³/mol. The van der Waals surface area contributed by atoms with Crippen LogP contribution in [0.15, 0.2) is 0 Å². The van der Waals surface area contributed by atoms with Crippen LogP contribution in [0.2, 0.25) is 0 Å². The maximum Gasteiger partial charge on any atom is 0.472 e. The van der Waals surface area contributed by atoms with E-state index in [0.717, 1.165) is 18.8 Å². The summed E-state index contributed by atoms with van der Waals surface area (Å²) in [5.41, 5.74) is 0. The number of likely N-dealkylation sites (N-methyl/N-ethyl adjacent to an activating group) is 1. The molecule has 1 saturated carbocycles. The van der Waals surface area contributed by atoms with Crippen molar-refractivity contribution in [3.63, 3.8) is 0 Å². The molecular weight excluding hydrogens is 373 g/mol. The second-order valence-electron chi connectivity index (χ2n) is 9.62. The van der Waals surface area contributed by atoms with Gasteiger partial charge in [0.25, 0.3) is 0 Å². The molecule has 0 bridgehead atoms. The average molecular weight is 421 g/mol. The van der Waals surface area contributed by atoms with Crippen molar-refractivity contribution >= 4 is 7.82 Å². The topological polar surface area (TPSA) is 55.8 Å². The Morgan fingerprint density at radius 2 is 1.29 bits per heavy atom. The highest BCUT2D eigenvalue weighted by atomic mass is 31.2. The van der Waals surface area contributed by atoms with Crippen LogP contribution in [0.1, 0.15) is 96.3 Å². The number of rotatable bonds is 17. The first-order chi connectivity index (χ1) is 13.3. The van der Waals surface area contributed by atoms with E-state index in [2.05, 4.69) is 0 Å². The van der Waals surface area contributed by atoms with E-state index in [1.165, 1.54) is 83.5 Å². The molecule has 1 aliphatic carbocycles. The lowest BCUT2D eigenvalue weighted by Crippen LogP contribution is -2.37. The second kappa shape index (κ2) is 15.0. The molecule has 6 heteroatoms. The largest absolute Gasteiger partial charge is 0.472 e. The Morgan fingerprint density at radius 1 is 0.786 bits per heavy atom. The van der Waals surface area contributed by atoms with Gasteiger partial charge in [-0.3, -0.25) is 9.05 Å². The molecule has 5 nitrogen and oxygen atoms in total. The fourth-order valence-corrected chi connectivity index (χ4v) is 4.64. The molecule has 0 aromatic heterocycles. The van der Waals surface area contributed by atoms with Crippen LogP contribution >= 0.6 is 7.82 Å². The summed E-state index contributed by atoms with van der Waals surface area (Å²) >= 11 is 0. The van der Waals surface area contributed by atoms with E-state index in [9.17, 15) is 9.46 Å². The minimum absolute atomic E-state index is 0.234. The van der Waals surface area contributed by atoms with Gasteiger partial charge in [0.05, 0.1) is 27.7 Å². The SMILES string of the molecule is C[N+](C)(C)CCOP(=O)(O)OCCCCCCCCCCCC1CCCCC1. The summed E-state index contributed by atoms with van der Waals surface area (Å²) in [5.74, 6) is 1.04. The maximum atomic E-state index is 11.8. The highest BCUT2D eigenvalue weighted by molar-refractivity contribution is 7.47. The quantitative estimate of drug-likeness (QED) is 0.170. The molecular formula is C22H47NO4P+. The van der Waals surface area contributed by atoms with Crippen LogP contribution < -0.4 is 0 Å². The number of nitrogens with zero attached hydrogens (tertiary/aromatic N) is 1. The molecule has 1 fully saturated rings. The first kappa shape index (κ1) is 26.1. The molecule has 1 aliphatic rings. The normalized spacial score (nSPS) is 18.3. The zero-order chi connectivity index (χ0) is 20.7. The minimum Gasteiger partial charge on any atom is -0.329 e. The Labute approximate surface area is 174 Å². The monoisotopic (exact) mass is 420 g/mol. The summed E-state index contributed by atoms with van der Waals surface area (Å²) in [5, 5.41) is 0. The van der Waals surface area contributed by atoms with Gasteiger partial charge >= 0.3 is 7.82 Å². The second-order valence-corrected chi connectivity index (χ2v) is 11.1. The Bertz CT molecular complexity index is 419. The van der Waals surface area contributed by atoms with Crippen LogP contribution in [0.4, 0.5) is 0 Å². The summed E-state index contributed by atoms with van der Waals surface area (Å²) in [7, 11) is 2.18. The zero-order valence-corrected chi connectivity index (χ0v) is 19.8. The number of hydrogen-bond acceptors (Lipinski definition) is 3. The molecule has 0 amide bonds. The number of hydrogen-bond donors (Lipinski definition) is 1. The van der Waals surface area contributed by atoms with Gasteiger partial charge in [-0.1, -0.05) is 89.9 Å². The van der Waals surface area contributed by atoms with Crippen molar-refractivity contribution in [3.8, 4) is 0 Å². The van der Waals surface area contributed by atoms with Gasteiger partial charge in [-0.25, -0.2) is 4.57 Å². The Balaban J connectivity index is 1.82. The molecule has 1 atom stereocenters. The van der Waals surface area contributed by atoms with Gasteiger partial charge in [0.2, 0.25) is 0 Å². The van der Waals surface area contributed by atoms with E-state index < -0.39 is 7.82 Å². The van der Waals surface area contributed by atoms with Gasteiger partial charge in [-0.2, -0.15) is 0 Å². The Hall–Kier alpha value is 0.0700. The van der Waals surface area contributed by atoms with Crippen LogP contribution in [0, 0.1) is 5.92 Å². The predicted octanol–water partition coefficient (Wildman–Crippen LogP) is 6.31. The van der Waals surface area contributed by atoms with Crippen LogP contribution in [0.25, 0.3) is 0 Å². The van der Waals surface area contributed by atoms with Crippen molar-refractivity contribution in [2.75, 3.05) is 40.9 Å². The molecule has 1 unspecified atom stereocenters. The summed E-state index contributed by atoms with van der Waals surface area (Å²) in [6, 6.07) is 0. The lowest BCUT2D eigenvalue weighted by Gasteiger charge is -2.24. The highest BCUT2D eigenvalue weighted by Crippen LogP contribution is 2.43. The van der Waals surface area contributed by atoms with Crippen molar-refractivity contribution in [1.82, 2.24) is 0 Å². The molecule has 28 heavy (non-hydrogen) atoms. The van der Waals surface area contributed by atoms with Crippen molar-refractivity contribution in [1.29, 1.82) is 0 Å². The van der Waals surface area contributed by atoms with Crippen molar-refractivity contribution in [2.45, 2.75) is 96.3 Å². The van der Waals surface area contributed by atoms with Gasteiger partial charge in [0.1, 0.15) is 13.2 Å². The van der Waals surface area contributed by atoms with Crippen LogP contribution in [0.5, 0.6) is 0 Å². The van der Waals surface area contributed by atoms with E-state index >= 15 is 0 Å². The van der Waals surface area contributed by atoms with Gasteiger partial charge in [-0.05, 0) is 12.3 Å². The third-order valence-corrected chi connectivity index (χ3v) is 6.77. The molecule has 0 saturated heterocycles. The van der Waals surface area contributed by atoms with Crippen LogP contribution in [0.3, 0.4) is 0 Å². The minimum atomic E-state index is -3.88. The molecule has 1 N–H and O–H groups in total. The zero-order valence-electron chi connectivity index (χ0n) is 18.9. The number of phosphoric acid groups is 1. The molecule has 168 valence electrons. The van der Waals surface area contributed by atoms with E-state index in [-0.39, 0.29) is 6.61 Å². The standard InChI is InChI=1S/C22H46NO4P/c1-23(2,3)19-21-27-28(24,25)26-20-15-10-8-6-4-5-7-9-12-16-22-17-13-11-14-18-22/h22H,4-21H2,1-3H3/p+1. The number of unbranched alkanes of at least 4 members (excludes halogenated alkanes) is 8. The van der Waals surface area contributed by atoms with Crippen molar-refractivity contribution in [3.05, 3.63) is 0 Å². The summed E-state index contributed by atoms with van der Waals surface area (Å²) in [4.78, 5) is 9.64. The van der Waals surface area contributed by atoms with E-state index in [0.29, 0.717) is 17.6 Å². The Morgan fingerprint density at radius 3 is 1.86 bits per heavy atom. The molecule has 0 heterocycles. The van der Waals surface area contributed by atoms with E-state index in [1.807, 2.05) is 21.1 Å². The molecule has 0 spiro atoms. The van der Waals surface area contributed by atoms with Crippen molar-refractivity contribution < 1.29 is 23.0 Å². The fraction of sp³-hybridized carbons (Fsp3) is 1.00. The van der Waals surface area contributed by atoms with Gasteiger partial charge in [0, 0.05) is 0 Å². The molecule has 0 aromatic carbocycles. The first-order valence-electron chi connectivity index (χ1n) is 11.7. The summed E-state index contributed by atoms with van der Waals surface area (Å²) in [6.45, 7) is 1.21. The summed E-state index contributed by atoms with van der Waals surface area (Å²) < 4.78 is 22.5.